The molecule has 1 aromatic heterocycles. The van der Waals surface area contributed by atoms with Gasteiger partial charge in [-0.25, -0.2) is 0 Å². The predicted molar refractivity (Wildman–Crippen MR) is 107 cm³/mol. The van der Waals surface area contributed by atoms with Crippen LogP contribution in [-0.4, -0.2) is 0 Å². The Kier molecular flexibility index (Phi) is 4.92. The van der Waals surface area contributed by atoms with Crippen molar-refractivity contribution in [1.29, 1.82) is 0 Å². The Morgan fingerprint density at radius 1 is 0.708 bits per heavy atom. The van der Waals surface area contributed by atoms with Crippen LogP contribution in [0.3, 0.4) is 0 Å². The van der Waals surface area contributed by atoms with Crippen LogP contribution in [0.4, 0.5) is 0 Å². The van der Waals surface area contributed by atoms with Gasteiger partial charge in [0.1, 0.15) is 23.8 Å². The van der Waals surface area contributed by atoms with Crippen molar-refractivity contribution in [3.63, 3.8) is 0 Å². The van der Waals surface area contributed by atoms with Crippen molar-refractivity contribution in [3.05, 3.63) is 77.5 Å². The molecule has 1 aliphatic heterocycles. The Hall–Kier alpha value is -0.920. The second-order valence-electron chi connectivity index (χ2n) is 5.65. The molecule has 3 aromatic carbocycles. The minimum atomic E-state index is -0.891. The van der Waals surface area contributed by atoms with Crippen molar-refractivity contribution in [2.24, 2.45) is 0 Å². The Bertz CT molecular complexity index is 992. The standard InChI is InChI=1S/C20H13PS.Au.ClH/c1-2-8-15(9-3-1)21-18-11-5-7-14-6-4-10-16(20(14)18)17-12-22-13-19(17)21;;/h1-13H;;1H/q;+1;. The molecule has 0 N–H and O–H groups in total. The minimum Gasteiger partial charge on any atom is -0.147 e. The topological polar surface area (TPSA) is 0 Å². The fourth-order valence-electron chi connectivity index (χ4n) is 3.53. The van der Waals surface area contributed by atoms with E-state index in [1.807, 2.05) is 11.3 Å². The molecule has 1 aliphatic rings. The molecule has 5 rings (SSSR count). The van der Waals surface area contributed by atoms with Crippen LogP contribution >= 0.6 is 28.4 Å². The van der Waals surface area contributed by atoms with Gasteiger partial charge in [-0.2, -0.15) is 0 Å². The molecule has 0 saturated carbocycles. The van der Waals surface area contributed by atoms with E-state index in [2.05, 4.69) is 86.7 Å². The van der Waals surface area contributed by atoms with Gasteiger partial charge in [-0.15, -0.1) is 11.3 Å². The Balaban J connectivity index is 0.000000704. The Labute approximate surface area is 163 Å². The van der Waals surface area contributed by atoms with Crippen molar-refractivity contribution in [3.8, 4) is 11.1 Å². The van der Waals surface area contributed by atoms with Gasteiger partial charge in [0, 0.05) is 21.7 Å². The van der Waals surface area contributed by atoms with Gasteiger partial charge in [0.25, 0.3) is 0 Å². The first-order chi connectivity index (χ1) is 11.9. The average molecular weight is 550 g/mol. The summed E-state index contributed by atoms with van der Waals surface area (Å²) in [6.45, 7) is 0. The molecule has 2 heterocycles. The Morgan fingerprint density at radius 2 is 1.46 bits per heavy atom. The largest absolute Gasteiger partial charge is 0.147 e. The molecule has 4 heteroatoms. The van der Waals surface area contributed by atoms with Gasteiger partial charge in [-0.3, -0.25) is 0 Å². The van der Waals surface area contributed by atoms with Gasteiger partial charge in [0.05, 0.1) is 0 Å². The summed E-state index contributed by atoms with van der Waals surface area (Å²) in [5.41, 5.74) is 2.86. The predicted octanol–water partition coefficient (Wildman–Crippen LogP) is 5.06. The number of hydrogen-bond donors (Lipinski definition) is 0. The normalized spacial score (nSPS) is 14.7. The fourth-order valence-corrected chi connectivity index (χ4v) is 7.74. The van der Waals surface area contributed by atoms with Gasteiger partial charge in [0.15, 0.2) is 0 Å². The van der Waals surface area contributed by atoms with Crippen LogP contribution < -0.4 is 15.9 Å². The van der Waals surface area contributed by atoms with Crippen LogP contribution in [0.25, 0.3) is 21.9 Å². The first-order valence-electron chi connectivity index (χ1n) is 7.56. The number of halogens is 1. The van der Waals surface area contributed by atoms with Gasteiger partial charge < -0.3 is 0 Å². The third-order valence-corrected chi connectivity index (χ3v) is 8.23. The van der Waals surface area contributed by atoms with Crippen LogP contribution in [0.5, 0.6) is 0 Å². The van der Waals surface area contributed by atoms with Crippen molar-refractivity contribution in [1.82, 2.24) is 0 Å². The zero-order valence-electron chi connectivity index (χ0n) is 12.6. The number of rotatable bonds is 1. The van der Waals surface area contributed by atoms with Crippen LogP contribution in [0.2, 0.25) is 0 Å². The summed E-state index contributed by atoms with van der Waals surface area (Å²) in [4.78, 5) is 0. The third-order valence-electron chi connectivity index (χ3n) is 4.46. The molecule has 0 spiro atoms. The third kappa shape index (κ3) is 2.61. The molecule has 0 fully saturated rings. The van der Waals surface area contributed by atoms with E-state index in [4.69, 9.17) is 0 Å². The zero-order valence-corrected chi connectivity index (χ0v) is 17.3. The van der Waals surface area contributed by atoms with E-state index in [-0.39, 0.29) is 0 Å². The first-order valence-corrected chi connectivity index (χ1v) is 12.7. The molecule has 122 valence electrons. The fraction of sp³-hybridized carbons (Fsp3) is 0. The molecule has 0 radical (unpaired) electrons. The van der Waals surface area contributed by atoms with Gasteiger partial charge in [-0.1, -0.05) is 48.5 Å². The molecule has 4 aromatic rings. The van der Waals surface area contributed by atoms with Crippen LogP contribution in [0.1, 0.15) is 0 Å². The molecule has 1 unspecified atom stereocenters. The number of hydrogen-bond acceptors (Lipinski definition) is 1. The summed E-state index contributed by atoms with van der Waals surface area (Å²) < 4.78 is 0. The monoisotopic (exact) mass is 549 g/mol. The zero-order chi connectivity index (χ0) is 16.5. The molecule has 1 atom stereocenters. The second kappa shape index (κ2) is 7.14. The summed E-state index contributed by atoms with van der Waals surface area (Å²) in [5, 5.41) is 12.1. The maximum absolute atomic E-state index is 4.58. The molecule has 24 heavy (non-hydrogen) atoms. The molecule has 0 nitrogen and oxygen atoms in total. The van der Waals surface area contributed by atoms with E-state index in [1.54, 1.807) is 25.3 Å². The van der Waals surface area contributed by atoms with E-state index >= 15 is 0 Å². The quantitative estimate of drug-likeness (QED) is 0.203. The maximum Gasteiger partial charge on any atom is 0.120 e. The summed E-state index contributed by atoms with van der Waals surface area (Å²) in [7, 11) is 3.69. The van der Waals surface area contributed by atoms with Crippen molar-refractivity contribution >= 4 is 55.1 Å². The molecule has 0 amide bonds. The Morgan fingerprint density at radius 3 is 2.25 bits per heavy atom. The molecule has 0 saturated heterocycles. The van der Waals surface area contributed by atoms with E-state index in [0.717, 1.165) is 0 Å². The molecular formula is C20H14AuClPS+. The van der Waals surface area contributed by atoms with E-state index in [0.29, 0.717) is 0 Å². The van der Waals surface area contributed by atoms with Gasteiger partial charge in [0.2, 0.25) is 0 Å². The number of fused-ring (bicyclic) bond motifs is 2. The SMILES string of the molecule is [Cl][Au].c1ccc([PH+]2c3cscc3-c3cccc4cccc2c34)cc1. The minimum absolute atomic E-state index is 0.891. The molecule has 0 bridgehead atoms. The van der Waals surface area contributed by atoms with Crippen molar-refractivity contribution < 1.29 is 20.0 Å². The van der Waals surface area contributed by atoms with Gasteiger partial charge >= 0.3 is 29.2 Å². The van der Waals surface area contributed by atoms with Crippen LogP contribution in [0, 0.1) is 0 Å². The smallest absolute Gasteiger partial charge is 0.120 e. The van der Waals surface area contributed by atoms with Crippen molar-refractivity contribution in [2.45, 2.75) is 0 Å². The number of benzene rings is 3. The van der Waals surface area contributed by atoms with E-state index in [9.17, 15) is 0 Å². The average Bonchev–Trinajstić information content (AvgIpc) is 3.14. The number of thiophene rings is 1. The van der Waals surface area contributed by atoms with E-state index in [1.165, 1.54) is 32.5 Å². The maximum atomic E-state index is 4.58. The van der Waals surface area contributed by atoms with Crippen LogP contribution in [0.15, 0.2) is 77.5 Å². The molecular weight excluding hydrogens is 536 g/mol. The van der Waals surface area contributed by atoms with Gasteiger partial charge in [-0.05, 0) is 29.1 Å². The summed E-state index contributed by atoms with van der Waals surface area (Å²) in [6, 6.07) is 24.5. The summed E-state index contributed by atoms with van der Waals surface area (Å²) in [6.07, 6.45) is 0. The first kappa shape index (κ1) is 16.5. The van der Waals surface area contributed by atoms with Crippen molar-refractivity contribution in [2.75, 3.05) is 0 Å². The van der Waals surface area contributed by atoms with E-state index < -0.39 is 7.92 Å². The van der Waals surface area contributed by atoms with Crippen LogP contribution in [-0.2, 0) is 20.0 Å². The summed E-state index contributed by atoms with van der Waals surface area (Å²) >= 11 is 3.58. The summed E-state index contributed by atoms with van der Waals surface area (Å²) in [5.74, 6) is 0. The second-order valence-corrected chi connectivity index (χ2v) is 8.80. The molecule has 0 aliphatic carbocycles.